The van der Waals surface area contributed by atoms with Crippen molar-refractivity contribution < 1.29 is 0 Å². The van der Waals surface area contributed by atoms with Crippen molar-refractivity contribution in [3.8, 4) is 0 Å². The van der Waals surface area contributed by atoms with Crippen LogP contribution in [0.15, 0.2) is 30.6 Å². The molecular weight excluding hydrogens is 228 g/mol. The van der Waals surface area contributed by atoms with E-state index in [4.69, 9.17) is 0 Å². The molecule has 0 fully saturated rings. The molecule has 0 amide bonds. The average Bonchev–Trinajstić information content (AvgIpc) is 2.77. The van der Waals surface area contributed by atoms with Crippen LogP contribution in [-0.4, -0.2) is 24.6 Å². The quantitative estimate of drug-likeness (QED) is 0.740. The first-order valence-electron chi connectivity index (χ1n) is 5.60. The topological polar surface area (TPSA) is 68.0 Å². The van der Waals surface area contributed by atoms with E-state index < -0.39 is 0 Å². The van der Waals surface area contributed by atoms with Gasteiger partial charge in [-0.3, -0.25) is 0 Å². The molecule has 1 N–H and O–H groups in total. The van der Waals surface area contributed by atoms with Crippen molar-refractivity contribution in [1.82, 2.24) is 24.6 Å². The van der Waals surface area contributed by atoms with E-state index in [1.54, 1.807) is 4.52 Å². The molecule has 0 aromatic carbocycles. The molecule has 0 aliphatic rings. The molecule has 0 bridgehead atoms. The second-order valence-corrected chi connectivity index (χ2v) is 4.04. The third kappa shape index (κ3) is 1.88. The van der Waals surface area contributed by atoms with Gasteiger partial charge in [0, 0.05) is 17.5 Å². The summed E-state index contributed by atoms with van der Waals surface area (Å²) in [6, 6.07) is 7.72. The maximum absolute atomic E-state index is 4.40. The van der Waals surface area contributed by atoms with E-state index in [-0.39, 0.29) is 0 Å². The molecule has 0 radical (unpaired) electrons. The fraction of sp³-hybridized carbons (Fsp3) is 0.167. The molecule has 0 aliphatic carbocycles. The molecular formula is C12H12N6. The van der Waals surface area contributed by atoms with Gasteiger partial charge in [-0.2, -0.15) is 14.6 Å². The highest BCUT2D eigenvalue weighted by Crippen LogP contribution is 2.15. The minimum Gasteiger partial charge on any atom is -0.325 e. The minimum absolute atomic E-state index is 0.574. The number of anilines is 2. The van der Waals surface area contributed by atoms with E-state index in [1.807, 2.05) is 38.1 Å². The molecule has 3 aromatic rings. The number of pyridine rings is 1. The van der Waals surface area contributed by atoms with Gasteiger partial charge in [-0.15, -0.1) is 0 Å². The highest BCUT2D eigenvalue weighted by molar-refractivity contribution is 5.55. The Labute approximate surface area is 104 Å². The molecule has 3 aromatic heterocycles. The predicted molar refractivity (Wildman–Crippen MR) is 67.8 cm³/mol. The summed E-state index contributed by atoms with van der Waals surface area (Å²) in [6.07, 6.45) is 1.48. The molecule has 6 nitrogen and oxygen atoms in total. The van der Waals surface area contributed by atoms with Crippen LogP contribution in [0.1, 0.15) is 11.4 Å². The molecule has 0 atom stereocenters. The SMILES string of the molecule is Cc1cccc(Nc2cc(C)nc3ncnn23)n1. The smallest absolute Gasteiger partial charge is 0.254 e. The van der Waals surface area contributed by atoms with Crippen molar-refractivity contribution >= 4 is 17.4 Å². The molecule has 3 rings (SSSR count). The molecule has 0 saturated heterocycles. The van der Waals surface area contributed by atoms with Crippen molar-refractivity contribution in [2.45, 2.75) is 13.8 Å². The summed E-state index contributed by atoms with van der Waals surface area (Å²) in [6.45, 7) is 3.87. The van der Waals surface area contributed by atoms with Crippen LogP contribution in [-0.2, 0) is 0 Å². The monoisotopic (exact) mass is 240 g/mol. The zero-order valence-corrected chi connectivity index (χ0v) is 10.1. The number of aromatic nitrogens is 5. The lowest BCUT2D eigenvalue weighted by Crippen LogP contribution is -2.03. The van der Waals surface area contributed by atoms with Crippen molar-refractivity contribution in [3.05, 3.63) is 42.0 Å². The summed E-state index contributed by atoms with van der Waals surface area (Å²) >= 11 is 0. The van der Waals surface area contributed by atoms with Crippen LogP contribution in [0.2, 0.25) is 0 Å². The lowest BCUT2D eigenvalue weighted by atomic mass is 10.3. The first-order chi connectivity index (χ1) is 8.72. The molecule has 90 valence electrons. The Morgan fingerprint density at radius 3 is 2.83 bits per heavy atom. The summed E-state index contributed by atoms with van der Waals surface area (Å²) in [5.41, 5.74) is 1.84. The first kappa shape index (κ1) is 10.6. The van der Waals surface area contributed by atoms with Crippen LogP contribution in [0.5, 0.6) is 0 Å². The predicted octanol–water partition coefficient (Wildman–Crippen LogP) is 1.88. The van der Waals surface area contributed by atoms with Crippen LogP contribution in [0.3, 0.4) is 0 Å². The zero-order chi connectivity index (χ0) is 12.5. The maximum atomic E-state index is 4.40. The fourth-order valence-electron chi connectivity index (χ4n) is 1.76. The number of aryl methyl sites for hydroxylation is 2. The van der Waals surface area contributed by atoms with Gasteiger partial charge >= 0.3 is 0 Å². The molecule has 0 unspecified atom stereocenters. The lowest BCUT2D eigenvalue weighted by molar-refractivity contribution is 0.934. The van der Waals surface area contributed by atoms with Crippen molar-refractivity contribution in [3.63, 3.8) is 0 Å². The van der Waals surface area contributed by atoms with Crippen LogP contribution in [0.25, 0.3) is 5.78 Å². The van der Waals surface area contributed by atoms with E-state index in [0.717, 1.165) is 23.0 Å². The number of fused-ring (bicyclic) bond motifs is 1. The van der Waals surface area contributed by atoms with Gasteiger partial charge in [0.25, 0.3) is 5.78 Å². The van der Waals surface area contributed by atoms with E-state index in [0.29, 0.717) is 5.78 Å². The molecule has 0 aliphatic heterocycles. The number of nitrogens with zero attached hydrogens (tertiary/aromatic N) is 5. The van der Waals surface area contributed by atoms with Crippen molar-refractivity contribution in [2.75, 3.05) is 5.32 Å². The summed E-state index contributed by atoms with van der Waals surface area (Å²) in [5.74, 6) is 2.15. The Morgan fingerprint density at radius 1 is 1.11 bits per heavy atom. The van der Waals surface area contributed by atoms with Crippen LogP contribution in [0, 0.1) is 13.8 Å². The van der Waals surface area contributed by atoms with E-state index >= 15 is 0 Å². The second kappa shape index (κ2) is 4.06. The first-order valence-corrected chi connectivity index (χ1v) is 5.60. The summed E-state index contributed by atoms with van der Waals surface area (Å²) in [4.78, 5) is 12.8. The van der Waals surface area contributed by atoms with Gasteiger partial charge in [-0.05, 0) is 26.0 Å². The molecule has 3 heterocycles. The summed E-state index contributed by atoms with van der Waals surface area (Å²) in [7, 11) is 0. The lowest BCUT2D eigenvalue weighted by Gasteiger charge is -2.08. The van der Waals surface area contributed by atoms with Gasteiger partial charge < -0.3 is 5.32 Å². The molecule has 0 saturated carbocycles. The number of nitrogens with one attached hydrogen (secondary N) is 1. The van der Waals surface area contributed by atoms with Gasteiger partial charge in [0.15, 0.2) is 0 Å². The Balaban J connectivity index is 2.06. The largest absolute Gasteiger partial charge is 0.325 e. The second-order valence-electron chi connectivity index (χ2n) is 4.04. The standard InChI is InChI=1S/C12H12N6/c1-8-4-3-5-10(15-8)17-11-6-9(2)16-12-13-7-14-18(11)12/h3-7H,1-2H3,(H,15,17). The summed E-state index contributed by atoms with van der Waals surface area (Å²) in [5, 5.41) is 7.36. The van der Waals surface area contributed by atoms with Crippen molar-refractivity contribution in [2.24, 2.45) is 0 Å². The normalized spacial score (nSPS) is 10.8. The maximum Gasteiger partial charge on any atom is 0.254 e. The molecule has 0 spiro atoms. The third-order valence-corrected chi connectivity index (χ3v) is 2.52. The van der Waals surface area contributed by atoms with E-state index in [9.17, 15) is 0 Å². The number of rotatable bonds is 2. The van der Waals surface area contributed by atoms with Crippen LogP contribution < -0.4 is 5.32 Å². The third-order valence-electron chi connectivity index (χ3n) is 2.52. The average molecular weight is 240 g/mol. The van der Waals surface area contributed by atoms with Crippen LogP contribution in [0.4, 0.5) is 11.6 Å². The van der Waals surface area contributed by atoms with Crippen molar-refractivity contribution in [1.29, 1.82) is 0 Å². The Kier molecular flexibility index (Phi) is 2.40. The van der Waals surface area contributed by atoms with E-state index in [1.165, 1.54) is 6.33 Å². The Hall–Kier alpha value is -2.50. The Bertz CT molecular complexity index is 703. The number of hydrogen-bond acceptors (Lipinski definition) is 5. The molecule has 18 heavy (non-hydrogen) atoms. The highest BCUT2D eigenvalue weighted by Gasteiger charge is 2.06. The zero-order valence-electron chi connectivity index (χ0n) is 10.1. The number of hydrogen-bond donors (Lipinski definition) is 1. The van der Waals surface area contributed by atoms with Gasteiger partial charge in [-0.25, -0.2) is 9.97 Å². The van der Waals surface area contributed by atoms with Gasteiger partial charge in [0.2, 0.25) is 0 Å². The summed E-state index contributed by atoms with van der Waals surface area (Å²) < 4.78 is 1.65. The fourth-order valence-corrected chi connectivity index (χ4v) is 1.76. The van der Waals surface area contributed by atoms with Crippen LogP contribution >= 0.6 is 0 Å². The van der Waals surface area contributed by atoms with Gasteiger partial charge in [0.05, 0.1) is 0 Å². The Morgan fingerprint density at radius 2 is 2.00 bits per heavy atom. The van der Waals surface area contributed by atoms with Gasteiger partial charge in [0.1, 0.15) is 18.0 Å². The highest BCUT2D eigenvalue weighted by atomic mass is 15.4. The van der Waals surface area contributed by atoms with Gasteiger partial charge in [-0.1, -0.05) is 6.07 Å². The molecule has 6 heteroatoms. The minimum atomic E-state index is 0.574. The van der Waals surface area contributed by atoms with E-state index in [2.05, 4.69) is 25.4 Å².